The molecule has 0 aromatic heterocycles. The molecule has 0 bridgehead atoms. The van der Waals surface area contributed by atoms with Gasteiger partial charge in [-0.15, -0.1) is 0 Å². The quantitative estimate of drug-likeness (QED) is 0.679. The highest BCUT2D eigenvalue weighted by Gasteiger charge is 2.37. The van der Waals surface area contributed by atoms with Crippen LogP contribution in [0.25, 0.3) is 0 Å². The summed E-state index contributed by atoms with van der Waals surface area (Å²) in [6.07, 6.45) is 6.53. The third kappa shape index (κ3) is 3.60. The molecule has 1 fully saturated rings. The number of likely N-dealkylation sites (tertiary alicyclic amines) is 1. The second-order valence-electron chi connectivity index (χ2n) is 8.62. The minimum atomic E-state index is 0.143. The highest BCUT2D eigenvalue weighted by molar-refractivity contribution is 5.81. The first-order valence-corrected chi connectivity index (χ1v) is 10.6. The summed E-state index contributed by atoms with van der Waals surface area (Å²) in [7, 11) is 0. The van der Waals surface area contributed by atoms with E-state index in [0.717, 1.165) is 30.5 Å². The molecule has 0 unspecified atom stereocenters. The average molecular weight is 401 g/mol. The fourth-order valence-electron chi connectivity index (χ4n) is 4.85. The topological polar surface area (TPSA) is 26.8 Å². The Labute approximate surface area is 180 Å². The van der Waals surface area contributed by atoms with Gasteiger partial charge in [-0.25, -0.2) is 0 Å². The Bertz CT molecular complexity index is 909. The lowest BCUT2D eigenvalue weighted by Crippen LogP contribution is -2.38. The van der Waals surface area contributed by atoms with Gasteiger partial charge in [0.15, 0.2) is 12.7 Å². The molecule has 2 heterocycles. The van der Waals surface area contributed by atoms with Gasteiger partial charge in [0, 0.05) is 36.7 Å². The molecule has 30 heavy (non-hydrogen) atoms. The van der Waals surface area contributed by atoms with Crippen LogP contribution in [0.4, 0.5) is 11.4 Å². The minimum absolute atomic E-state index is 0.143. The molecule has 1 saturated heterocycles. The molecule has 3 radical (unpaired) electrons. The zero-order valence-corrected chi connectivity index (χ0v) is 18.8. The van der Waals surface area contributed by atoms with Crippen LogP contribution in [0.3, 0.4) is 0 Å². The van der Waals surface area contributed by atoms with Crippen LogP contribution in [0.2, 0.25) is 0 Å². The molecule has 1 amide bonds. The van der Waals surface area contributed by atoms with Crippen molar-refractivity contribution in [1.29, 1.82) is 0 Å². The molecule has 2 aromatic carbocycles. The third-order valence-corrected chi connectivity index (χ3v) is 5.88. The van der Waals surface area contributed by atoms with Gasteiger partial charge in [0.05, 0.1) is 0 Å². The Morgan fingerprint density at radius 2 is 1.17 bits per heavy atom. The summed E-state index contributed by atoms with van der Waals surface area (Å²) in [6, 6.07) is 8.83. The number of hydrogen-bond donors (Lipinski definition) is 0. The van der Waals surface area contributed by atoms with E-state index in [-0.39, 0.29) is 5.91 Å². The van der Waals surface area contributed by atoms with Crippen molar-refractivity contribution in [1.82, 2.24) is 4.90 Å². The lowest BCUT2D eigenvalue weighted by Gasteiger charge is -2.35. The summed E-state index contributed by atoms with van der Waals surface area (Å²) >= 11 is 0. The van der Waals surface area contributed by atoms with E-state index in [4.69, 9.17) is 0 Å². The van der Waals surface area contributed by atoms with Crippen LogP contribution in [-0.2, 0) is 4.79 Å². The number of hydrogen-bond acceptors (Lipinski definition) is 3. The number of carbonyl (C=O) groups is 1. The Hall–Kier alpha value is -2.75. The summed E-state index contributed by atoms with van der Waals surface area (Å²) < 4.78 is 0. The maximum atomic E-state index is 12.4. The molecule has 4 rings (SSSR count). The van der Waals surface area contributed by atoms with Gasteiger partial charge in [-0.2, -0.15) is 0 Å². The van der Waals surface area contributed by atoms with E-state index in [2.05, 4.69) is 94.6 Å². The Balaban J connectivity index is 1.79. The smallest absolute Gasteiger partial charge is 0.223 e. The summed E-state index contributed by atoms with van der Waals surface area (Å²) in [5, 5.41) is 0. The van der Waals surface area contributed by atoms with Crippen molar-refractivity contribution < 1.29 is 4.79 Å². The van der Waals surface area contributed by atoms with Crippen molar-refractivity contribution in [2.24, 2.45) is 0 Å². The lowest BCUT2D eigenvalue weighted by molar-refractivity contribution is -0.126. The zero-order chi connectivity index (χ0) is 21.6. The molecule has 0 aliphatic carbocycles. The fraction of sp³-hybridized carbons (Fsp3) is 0.346. The highest BCUT2D eigenvalue weighted by Crippen LogP contribution is 2.41. The van der Waals surface area contributed by atoms with Crippen molar-refractivity contribution >= 4 is 17.3 Å². The largest absolute Gasteiger partial charge is 0.327 e. The van der Waals surface area contributed by atoms with Crippen molar-refractivity contribution in [2.45, 2.75) is 54.4 Å². The van der Waals surface area contributed by atoms with Gasteiger partial charge in [-0.1, -0.05) is 35.4 Å². The number of amides is 1. The monoisotopic (exact) mass is 400 g/mol. The number of carbonyl (C=O) groups excluding carboxylic acids is 1. The Morgan fingerprint density at radius 3 is 1.53 bits per heavy atom. The van der Waals surface area contributed by atoms with Crippen molar-refractivity contribution in [3.05, 3.63) is 82.8 Å². The van der Waals surface area contributed by atoms with Crippen LogP contribution in [0, 0.1) is 54.3 Å². The van der Waals surface area contributed by atoms with Crippen LogP contribution in [0.5, 0.6) is 0 Å². The molecule has 0 saturated carbocycles. The second kappa shape index (κ2) is 7.82. The molecular formula is C26H30N3O. The Morgan fingerprint density at radius 1 is 0.733 bits per heavy atom. The number of nitrogens with zero attached hydrogens (tertiary/aromatic N) is 3. The van der Waals surface area contributed by atoms with E-state index in [1.54, 1.807) is 4.90 Å². The van der Waals surface area contributed by atoms with Gasteiger partial charge in [-0.05, 0) is 70.2 Å². The molecule has 2 aliphatic rings. The van der Waals surface area contributed by atoms with E-state index in [0.29, 0.717) is 6.42 Å². The van der Waals surface area contributed by atoms with Gasteiger partial charge in [-0.3, -0.25) is 4.79 Å². The molecule has 0 atom stereocenters. The van der Waals surface area contributed by atoms with E-state index < -0.39 is 0 Å². The van der Waals surface area contributed by atoms with E-state index in [9.17, 15) is 4.79 Å². The second-order valence-corrected chi connectivity index (χ2v) is 8.62. The van der Waals surface area contributed by atoms with Crippen LogP contribution < -0.4 is 9.80 Å². The number of rotatable bonds is 4. The molecule has 4 nitrogen and oxygen atoms in total. The normalized spacial score (nSPS) is 17.0. The summed E-state index contributed by atoms with van der Waals surface area (Å²) in [5.41, 5.74) is 9.65. The Kier molecular flexibility index (Phi) is 5.35. The number of benzene rings is 2. The predicted molar refractivity (Wildman–Crippen MR) is 123 cm³/mol. The SMILES string of the molecule is Cc1cc(C)c(N2C=CN(c3c(C)cc(C)cc3C)[C]2[C]N2CCCC2=O)c(C)c1. The van der Waals surface area contributed by atoms with Crippen LogP contribution in [0.1, 0.15) is 46.2 Å². The van der Waals surface area contributed by atoms with Crippen LogP contribution in [-0.4, -0.2) is 17.4 Å². The van der Waals surface area contributed by atoms with Gasteiger partial charge >= 0.3 is 0 Å². The van der Waals surface area contributed by atoms with E-state index in [1.807, 2.05) is 0 Å². The molecule has 2 aromatic rings. The summed E-state index contributed by atoms with van der Waals surface area (Å²) in [4.78, 5) is 18.5. The average Bonchev–Trinajstić information content (AvgIpc) is 3.21. The fourth-order valence-corrected chi connectivity index (χ4v) is 4.85. The lowest BCUT2D eigenvalue weighted by atomic mass is 10.0. The number of aryl methyl sites for hydroxylation is 6. The van der Waals surface area contributed by atoms with Crippen molar-refractivity contribution in [3.63, 3.8) is 0 Å². The van der Waals surface area contributed by atoms with E-state index >= 15 is 0 Å². The molecule has 2 aliphatic heterocycles. The van der Waals surface area contributed by atoms with Gasteiger partial charge in [0.1, 0.15) is 0 Å². The summed E-state index contributed by atoms with van der Waals surface area (Å²) in [6.45, 7) is 17.0. The molecule has 4 heteroatoms. The highest BCUT2D eigenvalue weighted by atomic mass is 16.2. The van der Waals surface area contributed by atoms with Crippen LogP contribution in [0.15, 0.2) is 36.7 Å². The van der Waals surface area contributed by atoms with Gasteiger partial charge in [0.2, 0.25) is 5.91 Å². The zero-order valence-electron chi connectivity index (χ0n) is 18.8. The van der Waals surface area contributed by atoms with Crippen molar-refractivity contribution in [2.75, 3.05) is 16.3 Å². The first kappa shape index (κ1) is 20.5. The maximum Gasteiger partial charge on any atom is 0.223 e. The maximum absolute atomic E-state index is 12.4. The first-order chi connectivity index (χ1) is 14.3. The molecule has 0 spiro atoms. The first-order valence-electron chi connectivity index (χ1n) is 10.6. The molecule has 0 N–H and O–H groups in total. The van der Waals surface area contributed by atoms with Gasteiger partial charge in [0.25, 0.3) is 0 Å². The van der Waals surface area contributed by atoms with Crippen molar-refractivity contribution in [3.8, 4) is 0 Å². The third-order valence-electron chi connectivity index (χ3n) is 5.88. The predicted octanol–water partition coefficient (Wildman–Crippen LogP) is 5.49. The number of anilines is 2. The van der Waals surface area contributed by atoms with Gasteiger partial charge < -0.3 is 14.7 Å². The van der Waals surface area contributed by atoms with Crippen LogP contribution >= 0.6 is 0 Å². The molecule has 155 valence electrons. The molecular weight excluding hydrogens is 370 g/mol. The van der Waals surface area contributed by atoms with E-state index in [1.165, 1.54) is 33.4 Å². The minimum Gasteiger partial charge on any atom is -0.327 e. The standard InChI is InChI=1S/C26H30N3O/c1-17-12-19(3)25(20(4)13-17)28-10-11-29(23(28)16-27-9-7-8-24(27)30)26-21(5)14-18(2)15-22(26)6/h10-15H,7-9H2,1-6H3. The summed E-state index contributed by atoms with van der Waals surface area (Å²) in [5.74, 6) is 0.143.